The zero-order valence-electron chi connectivity index (χ0n) is 10.5. The van der Waals surface area contributed by atoms with Gasteiger partial charge in [-0.1, -0.05) is 30.3 Å². The van der Waals surface area contributed by atoms with Crippen molar-refractivity contribution < 1.29 is 22.7 Å². The van der Waals surface area contributed by atoms with E-state index >= 15 is 0 Å². The third-order valence-corrected chi connectivity index (χ3v) is 2.44. The first-order chi connectivity index (χ1) is 8.87. The molecule has 0 radical (unpaired) electrons. The Bertz CT molecular complexity index is 393. The summed E-state index contributed by atoms with van der Waals surface area (Å²) in [5.74, 6) is 0. The summed E-state index contributed by atoms with van der Waals surface area (Å²) in [6, 6.07) is 9.37. The van der Waals surface area contributed by atoms with Crippen LogP contribution in [0.1, 0.15) is 18.9 Å². The zero-order valence-corrected chi connectivity index (χ0v) is 10.5. The zero-order chi connectivity index (χ0) is 14.3. The first-order valence-electron chi connectivity index (χ1n) is 5.91. The summed E-state index contributed by atoms with van der Waals surface area (Å²) < 4.78 is 39.5. The molecular weight excluding hydrogens is 259 g/mol. The Hall–Kier alpha value is -1.72. The quantitative estimate of drug-likeness (QED) is 0.895. The van der Waals surface area contributed by atoms with Crippen LogP contribution in [-0.4, -0.2) is 24.9 Å². The largest absolute Gasteiger partial charge is 0.440 e. The number of hydrogen-bond acceptors (Lipinski definition) is 2. The Balaban J connectivity index is 2.24. The van der Waals surface area contributed by atoms with Gasteiger partial charge in [0.25, 0.3) is 0 Å². The van der Waals surface area contributed by atoms with E-state index in [1.807, 2.05) is 30.3 Å². The highest BCUT2D eigenvalue weighted by Crippen LogP contribution is 2.14. The minimum atomic E-state index is -4.50. The molecule has 3 nitrogen and oxygen atoms in total. The maximum Gasteiger partial charge on any atom is 0.422 e. The summed E-state index contributed by atoms with van der Waals surface area (Å²) in [6.07, 6.45) is -4.17. The minimum absolute atomic E-state index is 0.249. The highest BCUT2D eigenvalue weighted by Gasteiger charge is 2.29. The van der Waals surface area contributed by atoms with Gasteiger partial charge in [-0.25, -0.2) is 4.79 Å². The van der Waals surface area contributed by atoms with Crippen LogP contribution in [0.15, 0.2) is 30.3 Å². The molecule has 0 aliphatic carbocycles. The molecule has 0 heterocycles. The Kier molecular flexibility index (Phi) is 5.66. The molecule has 0 aliphatic heterocycles. The lowest BCUT2D eigenvalue weighted by molar-refractivity contribution is -0.160. The average molecular weight is 275 g/mol. The van der Waals surface area contributed by atoms with Crippen LogP contribution in [-0.2, 0) is 11.2 Å². The van der Waals surface area contributed by atoms with Gasteiger partial charge in [0.1, 0.15) is 0 Å². The molecule has 106 valence electrons. The van der Waals surface area contributed by atoms with Crippen molar-refractivity contribution >= 4 is 6.09 Å². The topological polar surface area (TPSA) is 38.3 Å². The van der Waals surface area contributed by atoms with Gasteiger partial charge < -0.3 is 10.1 Å². The molecule has 6 heteroatoms. The number of hydrogen-bond donors (Lipinski definition) is 1. The van der Waals surface area contributed by atoms with Crippen LogP contribution in [0.4, 0.5) is 18.0 Å². The molecule has 19 heavy (non-hydrogen) atoms. The Morgan fingerprint density at radius 3 is 2.53 bits per heavy atom. The van der Waals surface area contributed by atoms with E-state index in [4.69, 9.17) is 0 Å². The van der Waals surface area contributed by atoms with Crippen molar-refractivity contribution in [1.82, 2.24) is 5.32 Å². The molecule has 0 aromatic heterocycles. The van der Waals surface area contributed by atoms with Gasteiger partial charge in [0, 0.05) is 6.04 Å². The summed E-state index contributed by atoms with van der Waals surface area (Å²) in [7, 11) is 0. The van der Waals surface area contributed by atoms with Gasteiger partial charge >= 0.3 is 12.3 Å². The number of halogens is 3. The first kappa shape index (κ1) is 15.3. The fourth-order valence-corrected chi connectivity index (χ4v) is 1.49. The highest BCUT2D eigenvalue weighted by molar-refractivity contribution is 5.67. The lowest BCUT2D eigenvalue weighted by Gasteiger charge is -2.14. The second kappa shape index (κ2) is 7.01. The van der Waals surface area contributed by atoms with E-state index in [1.165, 1.54) is 0 Å². The minimum Gasteiger partial charge on any atom is -0.440 e. The van der Waals surface area contributed by atoms with Crippen LogP contribution in [0.3, 0.4) is 0 Å². The van der Waals surface area contributed by atoms with Crippen LogP contribution in [0.2, 0.25) is 0 Å². The van der Waals surface area contributed by atoms with Gasteiger partial charge in [0.15, 0.2) is 6.61 Å². The van der Waals surface area contributed by atoms with Crippen LogP contribution in [0, 0.1) is 0 Å². The summed E-state index contributed by atoms with van der Waals surface area (Å²) in [5, 5.41) is 2.36. The molecule has 0 fully saturated rings. The highest BCUT2D eigenvalue weighted by atomic mass is 19.4. The fraction of sp³-hybridized carbons (Fsp3) is 0.462. The average Bonchev–Trinajstić information content (AvgIpc) is 2.34. The Morgan fingerprint density at radius 2 is 1.95 bits per heavy atom. The van der Waals surface area contributed by atoms with Crippen molar-refractivity contribution in [3.8, 4) is 0 Å². The maximum absolute atomic E-state index is 11.8. The molecule has 1 N–H and O–H groups in total. The molecule has 1 amide bonds. The molecule has 0 aliphatic rings. The molecule has 0 saturated heterocycles. The number of amides is 1. The maximum atomic E-state index is 11.8. The molecule has 1 atom stereocenters. The van der Waals surface area contributed by atoms with Crippen LogP contribution >= 0.6 is 0 Å². The predicted molar refractivity (Wildman–Crippen MR) is 64.8 cm³/mol. The van der Waals surface area contributed by atoms with E-state index in [0.29, 0.717) is 6.42 Å². The third-order valence-electron chi connectivity index (χ3n) is 2.44. The van der Waals surface area contributed by atoms with Crippen LogP contribution in [0.5, 0.6) is 0 Å². The van der Waals surface area contributed by atoms with Crippen molar-refractivity contribution in [1.29, 1.82) is 0 Å². The lowest BCUT2D eigenvalue weighted by atomic mass is 10.1. The standard InChI is InChI=1S/C13H16F3NO2/c1-10(7-8-11-5-3-2-4-6-11)17-12(18)19-9-13(14,15)16/h2-6,10H,7-9H2,1H3,(H,17,18). The third kappa shape index (κ3) is 7.33. The van der Waals surface area contributed by atoms with E-state index in [-0.39, 0.29) is 6.04 Å². The molecule has 0 spiro atoms. The van der Waals surface area contributed by atoms with Crippen molar-refractivity contribution in [2.24, 2.45) is 0 Å². The van der Waals surface area contributed by atoms with E-state index in [1.54, 1.807) is 6.92 Å². The molecule has 0 bridgehead atoms. The molecule has 1 unspecified atom stereocenters. The Labute approximate surface area is 109 Å². The van der Waals surface area contributed by atoms with Gasteiger partial charge in [-0.15, -0.1) is 0 Å². The summed E-state index contributed by atoms with van der Waals surface area (Å²) in [4.78, 5) is 11.1. The van der Waals surface area contributed by atoms with Crippen LogP contribution in [0.25, 0.3) is 0 Å². The van der Waals surface area contributed by atoms with Gasteiger partial charge in [-0.05, 0) is 25.3 Å². The van der Waals surface area contributed by atoms with E-state index < -0.39 is 18.9 Å². The second-order valence-corrected chi connectivity index (χ2v) is 4.26. The lowest BCUT2D eigenvalue weighted by Crippen LogP contribution is -2.35. The SMILES string of the molecule is CC(CCc1ccccc1)NC(=O)OCC(F)(F)F. The number of alkyl carbamates (subject to hydrolysis) is 1. The van der Waals surface area contributed by atoms with Crippen molar-refractivity contribution in [3.63, 3.8) is 0 Å². The Morgan fingerprint density at radius 1 is 1.32 bits per heavy atom. The molecule has 1 aromatic carbocycles. The number of benzene rings is 1. The van der Waals surface area contributed by atoms with Gasteiger partial charge in [-0.2, -0.15) is 13.2 Å². The smallest absolute Gasteiger partial charge is 0.422 e. The fourth-order valence-electron chi connectivity index (χ4n) is 1.49. The van der Waals surface area contributed by atoms with E-state index in [9.17, 15) is 18.0 Å². The van der Waals surface area contributed by atoms with E-state index in [2.05, 4.69) is 10.1 Å². The van der Waals surface area contributed by atoms with Crippen molar-refractivity contribution in [3.05, 3.63) is 35.9 Å². The summed E-state index contributed by atoms with van der Waals surface area (Å²) >= 11 is 0. The molecule has 0 saturated carbocycles. The monoisotopic (exact) mass is 275 g/mol. The van der Waals surface area contributed by atoms with Crippen molar-refractivity contribution in [2.75, 3.05) is 6.61 Å². The van der Waals surface area contributed by atoms with E-state index in [0.717, 1.165) is 12.0 Å². The summed E-state index contributed by atoms with van der Waals surface area (Å²) in [6.45, 7) is 0.155. The van der Waals surface area contributed by atoms with Gasteiger partial charge in [-0.3, -0.25) is 0 Å². The normalized spacial score (nSPS) is 12.8. The first-order valence-corrected chi connectivity index (χ1v) is 5.91. The van der Waals surface area contributed by atoms with Gasteiger partial charge in [0.2, 0.25) is 0 Å². The second-order valence-electron chi connectivity index (χ2n) is 4.26. The molecule has 1 aromatic rings. The molecular formula is C13H16F3NO2. The number of rotatable bonds is 5. The van der Waals surface area contributed by atoms with Gasteiger partial charge in [0.05, 0.1) is 0 Å². The number of carbonyl (C=O) groups is 1. The number of ether oxygens (including phenoxy) is 1. The predicted octanol–water partition coefficient (Wildman–Crippen LogP) is 3.30. The summed E-state index contributed by atoms with van der Waals surface area (Å²) in [5.41, 5.74) is 1.11. The molecule has 1 rings (SSSR count). The van der Waals surface area contributed by atoms with Crippen molar-refractivity contribution in [2.45, 2.75) is 32.0 Å². The number of nitrogens with one attached hydrogen (secondary N) is 1. The number of alkyl halides is 3. The number of carbonyl (C=O) groups excluding carboxylic acids is 1. The van der Waals surface area contributed by atoms with Crippen LogP contribution < -0.4 is 5.32 Å². The number of aryl methyl sites for hydroxylation is 1.